The summed E-state index contributed by atoms with van der Waals surface area (Å²) in [7, 11) is 0. The Morgan fingerprint density at radius 3 is 2.83 bits per heavy atom. The molecule has 0 aliphatic carbocycles. The zero-order chi connectivity index (χ0) is 17.3. The molecule has 1 aromatic carbocycles. The molecule has 0 bridgehead atoms. The molecule has 3 rings (SSSR count). The summed E-state index contributed by atoms with van der Waals surface area (Å²) in [4.78, 5) is 29.0. The second-order valence-corrected chi connectivity index (χ2v) is 7.05. The van der Waals surface area contributed by atoms with Crippen LogP contribution in [0.25, 0.3) is 0 Å². The first-order valence-corrected chi connectivity index (χ1v) is 8.90. The molecule has 2 aliphatic rings. The van der Waals surface area contributed by atoms with Gasteiger partial charge in [-0.2, -0.15) is 0 Å². The number of anilines is 1. The number of nitrogens with zero attached hydrogens (tertiary/aromatic N) is 2. The van der Waals surface area contributed by atoms with E-state index < -0.39 is 6.04 Å². The predicted molar refractivity (Wildman–Crippen MR) is 93.1 cm³/mol. The monoisotopic (exact) mass is 350 g/mol. The maximum atomic E-state index is 13.0. The van der Waals surface area contributed by atoms with Gasteiger partial charge in [0, 0.05) is 17.7 Å². The van der Waals surface area contributed by atoms with Crippen LogP contribution in [-0.4, -0.2) is 47.1 Å². The minimum Gasteiger partial charge on any atom is -0.396 e. The van der Waals surface area contributed by atoms with Crippen molar-refractivity contribution in [3.05, 3.63) is 28.8 Å². The van der Waals surface area contributed by atoms with Gasteiger partial charge < -0.3 is 5.11 Å². The highest BCUT2D eigenvalue weighted by Crippen LogP contribution is 2.33. The van der Waals surface area contributed by atoms with Gasteiger partial charge in [-0.15, -0.1) is 0 Å². The first kappa shape index (κ1) is 17.4. The summed E-state index contributed by atoms with van der Waals surface area (Å²) < 4.78 is 0. The number of piperidine rings is 1. The van der Waals surface area contributed by atoms with Crippen LogP contribution in [0.3, 0.4) is 0 Å². The van der Waals surface area contributed by atoms with Gasteiger partial charge in [0.05, 0.1) is 18.2 Å². The number of rotatable bonds is 4. The Bertz CT molecular complexity index is 647. The molecule has 1 N–H and O–H groups in total. The maximum absolute atomic E-state index is 13.0. The lowest BCUT2D eigenvalue weighted by molar-refractivity contribution is -0.124. The second kappa shape index (κ2) is 7.21. The fourth-order valence-electron chi connectivity index (χ4n) is 3.84. The van der Waals surface area contributed by atoms with Crippen LogP contribution < -0.4 is 4.90 Å². The Morgan fingerprint density at radius 1 is 1.29 bits per heavy atom. The zero-order valence-corrected chi connectivity index (χ0v) is 14.6. The van der Waals surface area contributed by atoms with Crippen molar-refractivity contribution in [3.8, 4) is 0 Å². The Morgan fingerprint density at radius 2 is 2.08 bits per heavy atom. The fraction of sp³-hybridized carbons (Fsp3) is 0.556. The van der Waals surface area contributed by atoms with Gasteiger partial charge in [0.25, 0.3) is 5.91 Å². The SMILES string of the molecule is Cc1ccc(Cl)cc1N1C(=O)C[C@@H](N2CCCC[C@H]2CCO)C1=O. The van der Waals surface area contributed by atoms with E-state index in [0.29, 0.717) is 17.1 Å². The van der Waals surface area contributed by atoms with E-state index in [0.717, 1.165) is 31.4 Å². The van der Waals surface area contributed by atoms with Gasteiger partial charge in [0.1, 0.15) is 0 Å². The molecule has 6 heteroatoms. The molecule has 0 radical (unpaired) electrons. The van der Waals surface area contributed by atoms with Crippen molar-refractivity contribution >= 4 is 29.1 Å². The molecule has 2 heterocycles. The van der Waals surface area contributed by atoms with E-state index in [1.165, 1.54) is 4.90 Å². The van der Waals surface area contributed by atoms with Crippen molar-refractivity contribution < 1.29 is 14.7 Å². The van der Waals surface area contributed by atoms with Gasteiger partial charge in [-0.05, 0) is 50.4 Å². The van der Waals surface area contributed by atoms with Crippen molar-refractivity contribution in [2.45, 2.75) is 51.1 Å². The van der Waals surface area contributed by atoms with Gasteiger partial charge in [-0.3, -0.25) is 14.5 Å². The number of likely N-dealkylation sites (tertiary alicyclic amines) is 1. The number of halogens is 1. The molecule has 2 atom stereocenters. The van der Waals surface area contributed by atoms with Crippen molar-refractivity contribution in [2.75, 3.05) is 18.1 Å². The molecule has 0 unspecified atom stereocenters. The third-order valence-electron chi connectivity index (χ3n) is 5.07. The summed E-state index contributed by atoms with van der Waals surface area (Å²) in [5.41, 5.74) is 1.43. The summed E-state index contributed by atoms with van der Waals surface area (Å²) in [5.74, 6) is -0.348. The minimum absolute atomic E-state index is 0.104. The lowest BCUT2D eigenvalue weighted by atomic mass is 9.97. The first-order valence-electron chi connectivity index (χ1n) is 8.52. The summed E-state index contributed by atoms with van der Waals surface area (Å²) in [6, 6.07) is 5.00. The van der Waals surface area contributed by atoms with Crippen LogP contribution in [0.15, 0.2) is 18.2 Å². The van der Waals surface area contributed by atoms with Crippen molar-refractivity contribution in [1.29, 1.82) is 0 Å². The highest BCUT2D eigenvalue weighted by molar-refractivity contribution is 6.31. The Labute approximate surface area is 147 Å². The van der Waals surface area contributed by atoms with E-state index >= 15 is 0 Å². The number of carbonyl (C=O) groups is 2. The molecule has 130 valence electrons. The summed E-state index contributed by atoms with van der Waals surface area (Å²) in [6.45, 7) is 2.78. The molecule has 24 heavy (non-hydrogen) atoms. The Balaban J connectivity index is 1.87. The van der Waals surface area contributed by atoms with Crippen LogP contribution in [0.5, 0.6) is 0 Å². The zero-order valence-electron chi connectivity index (χ0n) is 13.9. The van der Waals surface area contributed by atoms with E-state index in [1.54, 1.807) is 12.1 Å². The number of hydrogen-bond acceptors (Lipinski definition) is 4. The van der Waals surface area contributed by atoms with Gasteiger partial charge in [-0.1, -0.05) is 24.1 Å². The minimum atomic E-state index is -0.423. The molecule has 0 spiro atoms. The normalized spacial score (nSPS) is 25.5. The molecule has 5 nitrogen and oxygen atoms in total. The molecule has 2 amide bonds. The van der Waals surface area contributed by atoms with E-state index in [4.69, 9.17) is 11.6 Å². The molecule has 2 fully saturated rings. The summed E-state index contributed by atoms with van der Waals surface area (Å²) in [6.07, 6.45) is 3.94. The highest BCUT2D eigenvalue weighted by Gasteiger charge is 2.45. The highest BCUT2D eigenvalue weighted by atomic mass is 35.5. The molecular formula is C18H23ClN2O3. The van der Waals surface area contributed by atoms with Crippen LogP contribution in [-0.2, 0) is 9.59 Å². The number of carbonyl (C=O) groups excluding carboxylic acids is 2. The lowest BCUT2D eigenvalue weighted by Gasteiger charge is -2.38. The standard InChI is InChI=1S/C18H23ClN2O3/c1-12-5-6-13(19)10-15(12)21-17(23)11-16(18(21)24)20-8-3-2-4-14(20)7-9-22/h5-6,10,14,16,22H,2-4,7-9,11H2,1H3/t14-,16+/m0/s1. The van der Waals surface area contributed by atoms with Gasteiger partial charge >= 0.3 is 0 Å². The molecule has 0 saturated carbocycles. The average molecular weight is 351 g/mol. The average Bonchev–Trinajstić information content (AvgIpc) is 2.85. The fourth-order valence-corrected chi connectivity index (χ4v) is 4.01. The number of benzene rings is 1. The largest absolute Gasteiger partial charge is 0.396 e. The van der Waals surface area contributed by atoms with Crippen LogP contribution >= 0.6 is 11.6 Å². The Kier molecular flexibility index (Phi) is 5.23. The van der Waals surface area contributed by atoms with E-state index in [9.17, 15) is 14.7 Å². The van der Waals surface area contributed by atoms with Crippen molar-refractivity contribution in [1.82, 2.24) is 4.90 Å². The third kappa shape index (κ3) is 3.21. The van der Waals surface area contributed by atoms with Gasteiger partial charge in [-0.25, -0.2) is 4.90 Å². The van der Waals surface area contributed by atoms with Crippen LogP contribution in [0.1, 0.15) is 37.7 Å². The van der Waals surface area contributed by atoms with E-state index in [2.05, 4.69) is 4.90 Å². The molecule has 2 aliphatic heterocycles. The molecule has 1 aromatic rings. The van der Waals surface area contributed by atoms with E-state index in [1.807, 2.05) is 13.0 Å². The maximum Gasteiger partial charge on any atom is 0.251 e. The molecule has 0 aromatic heterocycles. The summed E-state index contributed by atoms with van der Waals surface area (Å²) >= 11 is 6.05. The topological polar surface area (TPSA) is 60.9 Å². The van der Waals surface area contributed by atoms with E-state index in [-0.39, 0.29) is 30.9 Å². The van der Waals surface area contributed by atoms with Crippen LogP contribution in [0, 0.1) is 6.92 Å². The number of aliphatic hydroxyl groups excluding tert-OH is 1. The first-order chi connectivity index (χ1) is 11.5. The predicted octanol–water partition coefficient (Wildman–Crippen LogP) is 2.52. The van der Waals surface area contributed by atoms with Crippen molar-refractivity contribution in [3.63, 3.8) is 0 Å². The number of aryl methyl sites for hydroxylation is 1. The van der Waals surface area contributed by atoms with Gasteiger partial charge in [0.15, 0.2) is 0 Å². The van der Waals surface area contributed by atoms with Crippen LogP contribution in [0.2, 0.25) is 5.02 Å². The lowest BCUT2D eigenvalue weighted by Crippen LogP contribution is -2.50. The smallest absolute Gasteiger partial charge is 0.251 e. The quantitative estimate of drug-likeness (QED) is 0.848. The number of hydrogen-bond donors (Lipinski definition) is 1. The third-order valence-corrected chi connectivity index (χ3v) is 5.31. The number of amides is 2. The number of imide groups is 1. The number of aliphatic hydroxyl groups is 1. The Hall–Kier alpha value is -1.43. The van der Waals surface area contributed by atoms with Crippen molar-refractivity contribution in [2.24, 2.45) is 0 Å². The van der Waals surface area contributed by atoms with Crippen LogP contribution in [0.4, 0.5) is 5.69 Å². The molecular weight excluding hydrogens is 328 g/mol. The second-order valence-electron chi connectivity index (χ2n) is 6.62. The van der Waals surface area contributed by atoms with Gasteiger partial charge in [0.2, 0.25) is 5.91 Å². The molecule has 2 saturated heterocycles. The summed E-state index contributed by atoms with van der Waals surface area (Å²) in [5, 5.41) is 9.80.